The third-order valence-corrected chi connectivity index (χ3v) is 7.05. The van der Waals surface area contributed by atoms with Crippen molar-refractivity contribution in [2.75, 3.05) is 40.4 Å². The smallest absolute Gasteiger partial charge is 0.226 e. The molecule has 2 N–H and O–H groups in total. The Morgan fingerprint density at radius 3 is 2.68 bits per heavy atom. The Morgan fingerprint density at radius 2 is 2.04 bits per heavy atom. The van der Waals surface area contributed by atoms with Crippen molar-refractivity contribution in [2.45, 2.75) is 37.1 Å². The molecule has 1 amide bonds. The molecule has 0 radical (unpaired) electrons. The van der Waals surface area contributed by atoms with Gasteiger partial charge in [0.15, 0.2) is 0 Å². The summed E-state index contributed by atoms with van der Waals surface area (Å²) in [5.74, 6) is 1.16. The SMILES string of the molecule is COc1ccc2c3c([nH]c2c1)[C@H](CO)N(C(=O)C1CCCC1)CC31CN(C)C1. The van der Waals surface area contributed by atoms with Crippen LogP contribution in [-0.2, 0) is 10.2 Å². The van der Waals surface area contributed by atoms with Crippen LogP contribution < -0.4 is 4.74 Å². The van der Waals surface area contributed by atoms with Crippen LogP contribution in [0.3, 0.4) is 0 Å². The van der Waals surface area contributed by atoms with Crippen LogP contribution in [-0.4, -0.2) is 66.2 Å². The number of aliphatic hydroxyl groups excluding tert-OH is 1. The number of methoxy groups -OCH3 is 1. The van der Waals surface area contributed by atoms with Crippen molar-refractivity contribution in [3.8, 4) is 5.75 Å². The maximum Gasteiger partial charge on any atom is 0.226 e. The van der Waals surface area contributed by atoms with Crippen LogP contribution in [0, 0.1) is 5.92 Å². The van der Waals surface area contributed by atoms with Gasteiger partial charge in [0.05, 0.1) is 19.8 Å². The zero-order valence-corrected chi connectivity index (χ0v) is 16.7. The van der Waals surface area contributed by atoms with Gasteiger partial charge >= 0.3 is 0 Å². The second-order valence-electron chi connectivity index (χ2n) is 8.92. The van der Waals surface area contributed by atoms with Gasteiger partial charge in [0, 0.05) is 53.6 Å². The number of likely N-dealkylation sites (tertiary alicyclic amines) is 1. The van der Waals surface area contributed by atoms with Crippen LogP contribution in [0.1, 0.15) is 43.0 Å². The highest BCUT2D eigenvalue weighted by atomic mass is 16.5. The third kappa shape index (κ3) is 2.51. The fraction of sp³-hybridized carbons (Fsp3) is 0.591. The van der Waals surface area contributed by atoms with E-state index in [-0.39, 0.29) is 29.9 Å². The minimum atomic E-state index is -0.293. The highest BCUT2D eigenvalue weighted by Gasteiger charge is 2.53. The number of benzene rings is 1. The highest BCUT2D eigenvalue weighted by Crippen LogP contribution is 2.48. The van der Waals surface area contributed by atoms with E-state index in [1.807, 2.05) is 17.0 Å². The van der Waals surface area contributed by atoms with Gasteiger partial charge in [-0.2, -0.15) is 0 Å². The lowest BCUT2D eigenvalue weighted by Gasteiger charge is -2.55. The Bertz CT molecular complexity index is 909. The number of nitrogens with one attached hydrogen (secondary N) is 1. The molecule has 0 bridgehead atoms. The van der Waals surface area contributed by atoms with E-state index in [1.165, 1.54) is 10.9 Å². The summed E-state index contributed by atoms with van der Waals surface area (Å²) >= 11 is 0. The van der Waals surface area contributed by atoms with E-state index in [0.717, 1.165) is 55.7 Å². The molecule has 28 heavy (non-hydrogen) atoms. The first-order chi connectivity index (χ1) is 13.6. The van der Waals surface area contributed by atoms with Crippen LogP contribution in [0.2, 0.25) is 0 Å². The molecular weight excluding hydrogens is 354 g/mol. The first-order valence-electron chi connectivity index (χ1n) is 10.4. The minimum Gasteiger partial charge on any atom is -0.497 e. The number of amides is 1. The Kier molecular flexibility index (Phi) is 4.18. The van der Waals surface area contributed by atoms with Crippen LogP contribution in [0.25, 0.3) is 10.9 Å². The number of fused-ring (bicyclic) bond motifs is 4. The number of carbonyl (C=O) groups excluding carboxylic acids is 1. The van der Waals surface area contributed by atoms with E-state index in [1.54, 1.807) is 7.11 Å². The van der Waals surface area contributed by atoms with Gasteiger partial charge in [0.25, 0.3) is 0 Å². The lowest BCUT2D eigenvalue weighted by atomic mass is 9.69. The summed E-state index contributed by atoms with van der Waals surface area (Å²) in [6, 6.07) is 5.84. The third-order valence-electron chi connectivity index (χ3n) is 7.05. The van der Waals surface area contributed by atoms with Gasteiger partial charge in [-0.3, -0.25) is 4.79 Å². The van der Waals surface area contributed by atoms with Gasteiger partial charge in [0.1, 0.15) is 5.75 Å². The number of likely N-dealkylation sites (N-methyl/N-ethyl adjacent to an activating group) is 1. The monoisotopic (exact) mass is 383 g/mol. The Labute approximate surface area is 165 Å². The van der Waals surface area contributed by atoms with Crippen molar-refractivity contribution in [2.24, 2.45) is 5.92 Å². The zero-order valence-electron chi connectivity index (χ0n) is 16.7. The number of hydrogen-bond donors (Lipinski definition) is 2. The first kappa shape index (κ1) is 18.0. The highest BCUT2D eigenvalue weighted by molar-refractivity contribution is 5.89. The Hall–Kier alpha value is -2.05. The topological polar surface area (TPSA) is 68.8 Å². The quantitative estimate of drug-likeness (QED) is 0.854. The average molecular weight is 383 g/mol. The molecule has 1 atom stereocenters. The van der Waals surface area contributed by atoms with Crippen LogP contribution >= 0.6 is 0 Å². The van der Waals surface area contributed by atoms with Crippen molar-refractivity contribution in [1.29, 1.82) is 0 Å². The number of hydrogen-bond acceptors (Lipinski definition) is 4. The summed E-state index contributed by atoms with van der Waals surface area (Å²) in [6.45, 7) is 2.52. The summed E-state index contributed by atoms with van der Waals surface area (Å²) in [6.07, 6.45) is 4.24. The van der Waals surface area contributed by atoms with Gasteiger partial charge in [-0.1, -0.05) is 12.8 Å². The number of carbonyl (C=O) groups is 1. The van der Waals surface area contributed by atoms with E-state index in [4.69, 9.17) is 4.74 Å². The van der Waals surface area contributed by atoms with Gasteiger partial charge in [-0.25, -0.2) is 0 Å². The number of ether oxygens (including phenoxy) is 1. The van der Waals surface area contributed by atoms with Crippen LogP contribution in [0.5, 0.6) is 5.75 Å². The van der Waals surface area contributed by atoms with E-state index in [0.29, 0.717) is 6.54 Å². The van der Waals surface area contributed by atoms with E-state index in [9.17, 15) is 9.90 Å². The van der Waals surface area contributed by atoms with Gasteiger partial charge in [0.2, 0.25) is 5.91 Å². The number of aliphatic hydroxyl groups is 1. The number of rotatable bonds is 3. The molecule has 2 aromatic rings. The van der Waals surface area contributed by atoms with Crippen molar-refractivity contribution >= 4 is 16.8 Å². The normalized spacial score (nSPS) is 24.5. The molecule has 2 aliphatic heterocycles. The lowest BCUT2D eigenvalue weighted by molar-refractivity contribution is -0.143. The second-order valence-corrected chi connectivity index (χ2v) is 8.92. The van der Waals surface area contributed by atoms with E-state index < -0.39 is 0 Å². The van der Waals surface area contributed by atoms with Crippen LogP contribution in [0.15, 0.2) is 18.2 Å². The van der Waals surface area contributed by atoms with Crippen LogP contribution in [0.4, 0.5) is 0 Å². The fourth-order valence-electron chi connectivity index (χ4n) is 5.89. The molecule has 1 aromatic heterocycles. The standard InChI is InChI=1S/C22H29N3O3/c1-24-11-22(12-24)13-25(21(27)14-5-3-4-6-14)18(10-26)20-19(22)16-8-7-15(28-2)9-17(16)23-20/h7-9,14,18,23,26H,3-6,10-13H2,1-2H3/t18-/m0/s1. The maximum absolute atomic E-state index is 13.4. The molecule has 0 unspecified atom stereocenters. The average Bonchev–Trinajstić information content (AvgIpc) is 3.33. The largest absolute Gasteiger partial charge is 0.497 e. The van der Waals surface area contributed by atoms with E-state index >= 15 is 0 Å². The Balaban J connectivity index is 1.64. The predicted molar refractivity (Wildman–Crippen MR) is 108 cm³/mol. The molecule has 2 fully saturated rings. The van der Waals surface area contributed by atoms with Gasteiger partial charge in [-0.15, -0.1) is 0 Å². The van der Waals surface area contributed by atoms with Gasteiger partial charge < -0.3 is 24.6 Å². The molecule has 1 spiro atoms. The van der Waals surface area contributed by atoms with Crippen molar-refractivity contribution < 1.29 is 14.6 Å². The van der Waals surface area contributed by atoms with Crippen molar-refractivity contribution in [3.05, 3.63) is 29.5 Å². The lowest BCUT2D eigenvalue weighted by Crippen LogP contribution is -2.66. The molecule has 6 nitrogen and oxygen atoms in total. The molecule has 1 aromatic carbocycles. The molecular formula is C22H29N3O3. The molecule has 1 saturated heterocycles. The molecule has 3 aliphatic rings. The van der Waals surface area contributed by atoms with Crippen molar-refractivity contribution in [3.63, 3.8) is 0 Å². The first-order valence-corrected chi connectivity index (χ1v) is 10.4. The second kappa shape index (κ2) is 6.49. The minimum absolute atomic E-state index is 0.0542. The molecule has 3 heterocycles. The fourth-order valence-corrected chi connectivity index (χ4v) is 5.89. The summed E-state index contributed by atoms with van der Waals surface area (Å²) in [5.41, 5.74) is 3.26. The maximum atomic E-state index is 13.4. The zero-order chi connectivity index (χ0) is 19.5. The Morgan fingerprint density at radius 1 is 1.29 bits per heavy atom. The number of aromatic amines is 1. The van der Waals surface area contributed by atoms with E-state index in [2.05, 4.69) is 23.0 Å². The number of H-pyrrole nitrogens is 1. The molecule has 1 aliphatic carbocycles. The number of aromatic nitrogens is 1. The summed E-state index contributed by atoms with van der Waals surface area (Å²) in [5, 5.41) is 11.5. The predicted octanol–water partition coefficient (Wildman–Crippen LogP) is 2.43. The molecule has 6 heteroatoms. The van der Waals surface area contributed by atoms with Gasteiger partial charge in [-0.05, 0) is 37.6 Å². The molecule has 150 valence electrons. The molecule has 5 rings (SSSR count). The summed E-state index contributed by atoms with van der Waals surface area (Å²) in [7, 11) is 3.80. The number of nitrogens with zero attached hydrogens (tertiary/aromatic N) is 2. The summed E-state index contributed by atoms with van der Waals surface area (Å²) in [4.78, 5) is 21.2. The summed E-state index contributed by atoms with van der Waals surface area (Å²) < 4.78 is 5.40. The molecule has 1 saturated carbocycles. The van der Waals surface area contributed by atoms with Crippen molar-refractivity contribution in [1.82, 2.24) is 14.8 Å².